The first-order valence-electron chi connectivity index (χ1n) is 8.72. The first-order chi connectivity index (χ1) is 14.2. The van der Waals surface area contributed by atoms with Crippen molar-refractivity contribution in [3.8, 4) is 5.75 Å². The van der Waals surface area contributed by atoms with E-state index in [1.54, 1.807) is 12.1 Å². The van der Waals surface area contributed by atoms with Crippen LogP contribution in [0.5, 0.6) is 5.75 Å². The predicted molar refractivity (Wildman–Crippen MR) is 114 cm³/mol. The summed E-state index contributed by atoms with van der Waals surface area (Å²) in [6.45, 7) is -0.589. The topological polar surface area (TPSA) is 98.8 Å². The highest BCUT2D eigenvalue weighted by Gasteiger charge is 2.18. The Hall–Kier alpha value is -3.10. The number of hydrogen-bond acceptors (Lipinski definition) is 6. The van der Waals surface area contributed by atoms with Crippen LogP contribution in [0.15, 0.2) is 59.5 Å². The largest absolute Gasteiger partial charge is 0.496 e. The van der Waals surface area contributed by atoms with Gasteiger partial charge in [0.1, 0.15) is 11.3 Å². The molecule has 156 valence electrons. The fourth-order valence-corrected chi connectivity index (χ4v) is 3.59. The molecule has 9 heteroatoms. The highest BCUT2D eigenvalue weighted by Crippen LogP contribution is 2.27. The Balaban J connectivity index is 1.72. The van der Waals surface area contributed by atoms with E-state index >= 15 is 0 Å². The number of sulfone groups is 1. The molecule has 1 N–H and O–H groups in total. The average Bonchev–Trinajstić information content (AvgIpc) is 2.71. The van der Waals surface area contributed by atoms with Gasteiger partial charge in [-0.05, 0) is 41.1 Å². The fraction of sp³-hybridized carbons (Fsp3) is 0.143. The van der Waals surface area contributed by atoms with Crippen molar-refractivity contribution in [2.24, 2.45) is 0 Å². The van der Waals surface area contributed by atoms with Crippen LogP contribution >= 0.6 is 11.6 Å². The lowest BCUT2D eigenvalue weighted by molar-refractivity contribution is -0.119. The van der Waals surface area contributed by atoms with Crippen LogP contribution < -0.4 is 10.1 Å². The summed E-state index contributed by atoms with van der Waals surface area (Å²) in [6.07, 6.45) is 1.04. The minimum Gasteiger partial charge on any atom is -0.496 e. The molecule has 0 saturated carbocycles. The van der Waals surface area contributed by atoms with Crippen LogP contribution in [0, 0.1) is 0 Å². The third kappa shape index (κ3) is 4.90. The van der Waals surface area contributed by atoms with E-state index in [0.29, 0.717) is 5.75 Å². The molecular formula is C21H18ClNO6S. The van der Waals surface area contributed by atoms with Crippen LogP contribution in [0.2, 0.25) is 5.02 Å². The zero-order valence-electron chi connectivity index (χ0n) is 16.1. The summed E-state index contributed by atoms with van der Waals surface area (Å²) < 4.78 is 33.7. The normalized spacial score (nSPS) is 11.2. The number of methoxy groups -OCH3 is 1. The van der Waals surface area contributed by atoms with E-state index in [9.17, 15) is 18.0 Å². The molecule has 0 aliphatic rings. The third-order valence-electron chi connectivity index (χ3n) is 4.26. The van der Waals surface area contributed by atoms with Crippen molar-refractivity contribution in [2.45, 2.75) is 4.90 Å². The number of ether oxygens (including phenoxy) is 2. The molecule has 0 spiro atoms. The zero-order valence-corrected chi connectivity index (χ0v) is 17.7. The van der Waals surface area contributed by atoms with Crippen LogP contribution in [0.25, 0.3) is 10.8 Å². The second kappa shape index (κ2) is 8.73. The average molecular weight is 448 g/mol. The third-order valence-corrected chi connectivity index (χ3v) is 5.70. The van der Waals surface area contributed by atoms with E-state index in [4.69, 9.17) is 21.1 Å². The van der Waals surface area contributed by atoms with Gasteiger partial charge in [0.05, 0.1) is 22.7 Å². The van der Waals surface area contributed by atoms with E-state index in [1.807, 2.05) is 24.3 Å². The summed E-state index contributed by atoms with van der Waals surface area (Å²) in [5.41, 5.74) is 0.282. The summed E-state index contributed by atoms with van der Waals surface area (Å²) in [4.78, 5) is 24.7. The number of hydrogen-bond donors (Lipinski definition) is 1. The minimum absolute atomic E-state index is 0.0000878. The molecule has 0 aliphatic carbocycles. The molecule has 0 bridgehead atoms. The second-order valence-electron chi connectivity index (χ2n) is 6.44. The van der Waals surface area contributed by atoms with Gasteiger partial charge in [0.2, 0.25) is 0 Å². The number of halogens is 1. The zero-order chi connectivity index (χ0) is 21.9. The Morgan fingerprint density at radius 3 is 2.33 bits per heavy atom. The Labute approximate surface area is 178 Å². The molecule has 0 unspecified atom stereocenters. The van der Waals surface area contributed by atoms with E-state index in [0.717, 1.165) is 17.0 Å². The fourth-order valence-electron chi connectivity index (χ4n) is 2.77. The number of benzene rings is 3. The first kappa shape index (κ1) is 21.6. The molecule has 0 saturated heterocycles. The Kier molecular flexibility index (Phi) is 6.28. The molecule has 0 aliphatic heterocycles. The quantitative estimate of drug-likeness (QED) is 0.578. The molecule has 3 aromatic rings. The molecule has 1 amide bonds. The first-order valence-corrected chi connectivity index (χ1v) is 11.0. The lowest BCUT2D eigenvalue weighted by atomic mass is 10.1. The number of esters is 1. The monoisotopic (exact) mass is 447 g/mol. The number of carbonyl (C=O) groups excluding carboxylic acids is 2. The maximum atomic E-state index is 12.5. The lowest BCUT2D eigenvalue weighted by Crippen LogP contribution is -2.21. The molecule has 0 fully saturated rings. The molecule has 0 atom stereocenters. The molecule has 7 nitrogen and oxygen atoms in total. The van der Waals surface area contributed by atoms with Crippen LogP contribution in [-0.2, 0) is 19.4 Å². The van der Waals surface area contributed by atoms with Crippen LogP contribution in [-0.4, -0.2) is 40.3 Å². The van der Waals surface area contributed by atoms with Gasteiger partial charge in [-0.15, -0.1) is 0 Å². The Morgan fingerprint density at radius 2 is 1.70 bits per heavy atom. The van der Waals surface area contributed by atoms with Gasteiger partial charge in [-0.25, -0.2) is 13.2 Å². The lowest BCUT2D eigenvalue weighted by Gasteiger charge is -2.11. The minimum atomic E-state index is -3.47. The molecule has 0 aromatic heterocycles. The molecular weight excluding hydrogens is 430 g/mol. The van der Waals surface area contributed by atoms with Gasteiger partial charge in [-0.3, -0.25) is 4.79 Å². The van der Waals surface area contributed by atoms with Crippen molar-refractivity contribution in [1.82, 2.24) is 0 Å². The molecule has 30 heavy (non-hydrogen) atoms. The Morgan fingerprint density at radius 1 is 1.03 bits per heavy atom. The molecule has 0 radical (unpaired) electrons. The molecule has 3 aromatic carbocycles. The number of rotatable bonds is 6. The number of nitrogens with one attached hydrogen (secondary N) is 1. The second-order valence-corrected chi connectivity index (χ2v) is 8.86. The van der Waals surface area contributed by atoms with Crippen LogP contribution in [0.3, 0.4) is 0 Å². The number of carbonyl (C=O) groups is 2. The highest BCUT2D eigenvalue weighted by molar-refractivity contribution is 7.90. The maximum Gasteiger partial charge on any atom is 0.342 e. The van der Waals surface area contributed by atoms with Crippen molar-refractivity contribution >= 4 is 49.8 Å². The highest BCUT2D eigenvalue weighted by atomic mass is 35.5. The molecule has 3 rings (SSSR count). The Bertz CT molecular complexity index is 1240. The van der Waals surface area contributed by atoms with E-state index < -0.39 is 28.3 Å². The summed E-state index contributed by atoms with van der Waals surface area (Å²) in [7, 11) is -2.04. The van der Waals surface area contributed by atoms with E-state index in [-0.39, 0.29) is 21.2 Å². The summed E-state index contributed by atoms with van der Waals surface area (Å²) >= 11 is 6.01. The van der Waals surface area contributed by atoms with Crippen LogP contribution in [0.4, 0.5) is 5.69 Å². The predicted octanol–water partition coefficient (Wildman–Crippen LogP) is 3.70. The summed E-state index contributed by atoms with van der Waals surface area (Å²) in [5, 5.41) is 4.31. The van der Waals surface area contributed by atoms with Crippen molar-refractivity contribution < 1.29 is 27.5 Å². The summed E-state index contributed by atoms with van der Waals surface area (Å²) in [6, 6.07) is 14.7. The summed E-state index contributed by atoms with van der Waals surface area (Å²) in [5.74, 6) is -1.08. The number of amides is 1. The van der Waals surface area contributed by atoms with Crippen molar-refractivity contribution in [2.75, 3.05) is 25.3 Å². The van der Waals surface area contributed by atoms with Gasteiger partial charge in [0.15, 0.2) is 16.4 Å². The molecule has 0 heterocycles. The van der Waals surface area contributed by atoms with Crippen LogP contribution in [0.1, 0.15) is 10.4 Å². The van der Waals surface area contributed by atoms with Gasteiger partial charge >= 0.3 is 5.97 Å². The number of anilines is 1. The van der Waals surface area contributed by atoms with Crippen molar-refractivity contribution in [1.29, 1.82) is 0 Å². The van der Waals surface area contributed by atoms with Crippen molar-refractivity contribution in [3.63, 3.8) is 0 Å². The van der Waals surface area contributed by atoms with Gasteiger partial charge < -0.3 is 14.8 Å². The van der Waals surface area contributed by atoms with E-state index in [1.165, 1.54) is 25.3 Å². The van der Waals surface area contributed by atoms with Gasteiger partial charge in [-0.2, -0.15) is 0 Å². The van der Waals surface area contributed by atoms with E-state index in [2.05, 4.69) is 5.32 Å². The van der Waals surface area contributed by atoms with Gasteiger partial charge in [0, 0.05) is 6.26 Å². The SMILES string of the molecule is COc1cc2ccccc2cc1C(=O)OCC(=O)Nc1cc(S(C)(=O)=O)ccc1Cl. The number of fused-ring (bicyclic) bond motifs is 1. The van der Waals surface area contributed by atoms with Crippen molar-refractivity contribution in [3.05, 3.63) is 65.2 Å². The standard InChI is InChI=1S/C21H18ClNO6S/c1-28-19-10-14-6-4-3-5-13(14)9-16(19)21(25)29-12-20(24)23-18-11-15(30(2,26)27)7-8-17(18)22/h3-11H,12H2,1-2H3,(H,23,24). The maximum absolute atomic E-state index is 12.5. The van der Waals surface area contributed by atoms with Gasteiger partial charge in [0.25, 0.3) is 5.91 Å². The smallest absolute Gasteiger partial charge is 0.342 e. The van der Waals surface area contributed by atoms with Gasteiger partial charge in [-0.1, -0.05) is 35.9 Å².